The zero-order valence-corrected chi connectivity index (χ0v) is 13.3. The third-order valence-electron chi connectivity index (χ3n) is 2.65. The van der Waals surface area contributed by atoms with Gasteiger partial charge in [0, 0.05) is 24.4 Å². The Labute approximate surface area is 133 Å². The monoisotopic (exact) mass is 331 g/mol. The highest BCUT2D eigenvalue weighted by atomic mass is 35.5. The molecule has 0 aromatic heterocycles. The molecule has 0 saturated carbocycles. The largest absolute Gasteiger partial charge is 0.480 e. The van der Waals surface area contributed by atoms with Crippen LogP contribution in [0.25, 0.3) is 0 Å². The van der Waals surface area contributed by atoms with Gasteiger partial charge in [-0.05, 0) is 17.7 Å². The maximum absolute atomic E-state index is 12.0. The summed E-state index contributed by atoms with van der Waals surface area (Å²) in [7, 11) is 1.51. The molecule has 21 heavy (non-hydrogen) atoms. The summed E-state index contributed by atoms with van der Waals surface area (Å²) in [5, 5.41) is 9.48. The number of carboxylic acids is 1. The van der Waals surface area contributed by atoms with Gasteiger partial charge in [-0.15, -0.1) is 11.8 Å². The van der Waals surface area contributed by atoms with E-state index in [0.717, 1.165) is 5.56 Å². The van der Waals surface area contributed by atoms with Gasteiger partial charge < -0.3 is 14.7 Å². The molecular formula is C14H18ClNO4S. The second kappa shape index (κ2) is 9.65. The van der Waals surface area contributed by atoms with Gasteiger partial charge in [-0.25, -0.2) is 0 Å². The number of ether oxygens (including phenoxy) is 1. The lowest BCUT2D eigenvalue weighted by Gasteiger charge is -2.20. The van der Waals surface area contributed by atoms with E-state index in [9.17, 15) is 9.59 Å². The van der Waals surface area contributed by atoms with E-state index in [4.69, 9.17) is 21.4 Å². The van der Waals surface area contributed by atoms with Crippen molar-refractivity contribution in [1.82, 2.24) is 4.90 Å². The quantitative estimate of drug-likeness (QED) is 0.751. The summed E-state index contributed by atoms with van der Waals surface area (Å²) in [6, 6.07) is 7.41. The number of methoxy groups -OCH3 is 1. The Morgan fingerprint density at radius 1 is 1.33 bits per heavy atom. The van der Waals surface area contributed by atoms with Crippen molar-refractivity contribution in [3.8, 4) is 0 Å². The Kier molecular flexibility index (Phi) is 8.19. The fourth-order valence-electron chi connectivity index (χ4n) is 1.58. The number of benzene rings is 1. The number of thioether (sulfide) groups is 1. The standard InChI is InChI=1S/C14H18ClNO4S/c1-20-7-6-16(8-14(18)19)13(17)10-21-9-11-2-4-12(15)5-3-11/h2-5H,6-10H2,1H3,(H,18,19). The topological polar surface area (TPSA) is 66.8 Å². The molecule has 116 valence electrons. The Hall–Kier alpha value is -1.24. The average Bonchev–Trinajstić information content (AvgIpc) is 2.45. The van der Waals surface area contributed by atoms with Crippen molar-refractivity contribution in [2.24, 2.45) is 0 Å². The molecule has 1 amide bonds. The Morgan fingerprint density at radius 3 is 2.57 bits per heavy atom. The first-order valence-corrected chi connectivity index (χ1v) is 7.87. The fourth-order valence-corrected chi connectivity index (χ4v) is 2.60. The Morgan fingerprint density at radius 2 is 2.00 bits per heavy atom. The summed E-state index contributed by atoms with van der Waals surface area (Å²) >= 11 is 7.24. The molecule has 0 aliphatic carbocycles. The van der Waals surface area contributed by atoms with Crippen LogP contribution in [0, 0.1) is 0 Å². The molecule has 0 fully saturated rings. The summed E-state index contributed by atoms with van der Waals surface area (Å²) in [5.74, 6) is -0.316. The van der Waals surface area contributed by atoms with Crippen LogP contribution in [0.5, 0.6) is 0 Å². The highest BCUT2D eigenvalue weighted by molar-refractivity contribution is 7.99. The van der Waals surface area contributed by atoms with E-state index in [0.29, 0.717) is 17.4 Å². The molecule has 0 heterocycles. The normalized spacial score (nSPS) is 10.4. The van der Waals surface area contributed by atoms with E-state index in [2.05, 4.69) is 0 Å². The minimum atomic E-state index is -1.03. The van der Waals surface area contributed by atoms with Gasteiger partial charge in [-0.3, -0.25) is 9.59 Å². The molecule has 0 unspecified atom stereocenters. The molecular weight excluding hydrogens is 314 g/mol. The van der Waals surface area contributed by atoms with Crippen LogP contribution in [-0.2, 0) is 20.1 Å². The highest BCUT2D eigenvalue weighted by Crippen LogP contribution is 2.15. The zero-order valence-electron chi connectivity index (χ0n) is 11.8. The average molecular weight is 332 g/mol. The van der Waals surface area contributed by atoms with Crippen LogP contribution in [0.3, 0.4) is 0 Å². The predicted octanol–water partition coefficient (Wildman–Crippen LogP) is 2.13. The van der Waals surface area contributed by atoms with Gasteiger partial charge in [-0.1, -0.05) is 23.7 Å². The van der Waals surface area contributed by atoms with Gasteiger partial charge in [0.05, 0.1) is 12.4 Å². The number of rotatable bonds is 9. The summed E-state index contributed by atoms with van der Waals surface area (Å²) < 4.78 is 4.88. The Balaban J connectivity index is 2.41. The molecule has 5 nitrogen and oxygen atoms in total. The molecule has 0 aliphatic heterocycles. The lowest BCUT2D eigenvalue weighted by atomic mass is 10.2. The molecule has 1 aromatic rings. The minimum Gasteiger partial charge on any atom is -0.480 e. The van der Waals surface area contributed by atoms with E-state index in [-0.39, 0.29) is 24.7 Å². The molecule has 0 spiro atoms. The predicted molar refractivity (Wildman–Crippen MR) is 83.7 cm³/mol. The number of halogens is 1. The van der Waals surface area contributed by atoms with Crippen molar-refractivity contribution in [3.63, 3.8) is 0 Å². The van der Waals surface area contributed by atoms with Crippen LogP contribution in [0.15, 0.2) is 24.3 Å². The second-order valence-corrected chi connectivity index (χ2v) is 5.74. The molecule has 1 rings (SSSR count). The highest BCUT2D eigenvalue weighted by Gasteiger charge is 2.16. The van der Waals surface area contributed by atoms with Gasteiger partial charge in [-0.2, -0.15) is 0 Å². The van der Waals surface area contributed by atoms with E-state index < -0.39 is 5.97 Å². The molecule has 0 saturated heterocycles. The van der Waals surface area contributed by atoms with Crippen molar-refractivity contribution in [1.29, 1.82) is 0 Å². The number of aliphatic carboxylic acids is 1. The molecule has 0 atom stereocenters. The molecule has 7 heteroatoms. The van der Waals surface area contributed by atoms with Gasteiger partial charge in [0.15, 0.2) is 0 Å². The first kappa shape index (κ1) is 17.8. The number of hydrogen-bond acceptors (Lipinski definition) is 4. The van der Waals surface area contributed by atoms with Crippen molar-refractivity contribution >= 4 is 35.2 Å². The molecule has 0 radical (unpaired) electrons. The van der Waals surface area contributed by atoms with Crippen molar-refractivity contribution in [2.75, 3.05) is 32.6 Å². The van der Waals surface area contributed by atoms with Gasteiger partial charge in [0.1, 0.15) is 6.54 Å². The number of hydrogen-bond donors (Lipinski definition) is 1. The second-order valence-electron chi connectivity index (χ2n) is 4.32. The van der Waals surface area contributed by atoms with E-state index in [1.165, 1.54) is 23.8 Å². The third kappa shape index (κ3) is 7.36. The van der Waals surface area contributed by atoms with Crippen molar-refractivity contribution < 1.29 is 19.4 Å². The summed E-state index contributed by atoms with van der Waals surface area (Å²) in [5.41, 5.74) is 1.07. The molecule has 0 aliphatic rings. The third-order valence-corrected chi connectivity index (χ3v) is 3.89. The lowest BCUT2D eigenvalue weighted by molar-refractivity contribution is -0.143. The number of amides is 1. The van der Waals surface area contributed by atoms with Crippen LogP contribution >= 0.6 is 23.4 Å². The van der Waals surface area contributed by atoms with Crippen LogP contribution in [0.4, 0.5) is 0 Å². The lowest BCUT2D eigenvalue weighted by Crippen LogP contribution is -2.39. The van der Waals surface area contributed by atoms with Crippen LogP contribution in [0.2, 0.25) is 5.02 Å². The SMILES string of the molecule is COCCN(CC(=O)O)C(=O)CSCc1ccc(Cl)cc1. The first-order chi connectivity index (χ1) is 10.0. The molecule has 1 N–H and O–H groups in total. The van der Waals surface area contributed by atoms with E-state index >= 15 is 0 Å². The summed E-state index contributed by atoms with van der Waals surface area (Å²) in [4.78, 5) is 24.0. The van der Waals surface area contributed by atoms with Crippen LogP contribution in [0.1, 0.15) is 5.56 Å². The first-order valence-electron chi connectivity index (χ1n) is 6.33. The maximum atomic E-state index is 12.0. The summed E-state index contributed by atoms with van der Waals surface area (Å²) in [6.07, 6.45) is 0. The van der Waals surface area contributed by atoms with Crippen molar-refractivity contribution in [3.05, 3.63) is 34.9 Å². The fraction of sp³-hybridized carbons (Fsp3) is 0.429. The van der Waals surface area contributed by atoms with Gasteiger partial charge in [0.25, 0.3) is 0 Å². The number of carboxylic acid groups (broad SMARTS) is 1. The van der Waals surface area contributed by atoms with Crippen molar-refractivity contribution in [2.45, 2.75) is 5.75 Å². The number of carbonyl (C=O) groups excluding carboxylic acids is 1. The molecule has 0 bridgehead atoms. The van der Waals surface area contributed by atoms with Gasteiger partial charge in [0.2, 0.25) is 5.91 Å². The Bertz CT molecular complexity index is 467. The summed E-state index contributed by atoms with van der Waals surface area (Å²) in [6.45, 7) is 0.299. The van der Waals surface area contributed by atoms with Gasteiger partial charge >= 0.3 is 5.97 Å². The smallest absolute Gasteiger partial charge is 0.323 e. The van der Waals surface area contributed by atoms with E-state index in [1.54, 1.807) is 12.1 Å². The maximum Gasteiger partial charge on any atom is 0.323 e. The molecule has 1 aromatic carbocycles. The minimum absolute atomic E-state index is 0.201. The van der Waals surface area contributed by atoms with E-state index in [1.807, 2.05) is 12.1 Å². The van der Waals surface area contributed by atoms with Crippen LogP contribution in [-0.4, -0.2) is 54.4 Å². The number of nitrogens with zero attached hydrogens (tertiary/aromatic N) is 1. The van der Waals surface area contributed by atoms with Crippen LogP contribution < -0.4 is 0 Å². The number of carbonyl (C=O) groups is 2. The zero-order chi connectivity index (χ0) is 15.7.